The fourth-order valence-electron chi connectivity index (χ4n) is 2.85. The molecule has 1 rings (SSSR count). The molecule has 0 saturated heterocycles. The van der Waals surface area contributed by atoms with Crippen molar-refractivity contribution in [1.82, 2.24) is 15.5 Å². The Morgan fingerprint density at radius 1 is 1.23 bits per heavy atom. The van der Waals surface area contributed by atoms with E-state index < -0.39 is 0 Å². The Labute approximate surface area is 152 Å². The van der Waals surface area contributed by atoms with E-state index in [9.17, 15) is 4.79 Å². The Balaban J connectivity index is 0.00000441. The number of guanidine groups is 1. The van der Waals surface area contributed by atoms with Gasteiger partial charge in [0.15, 0.2) is 5.96 Å². The molecule has 1 fully saturated rings. The van der Waals surface area contributed by atoms with Gasteiger partial charge in [-0.15, -0.1) is 24.0 Å². The van der Waals surface area contributed by atoms with Gasteiger partial charge in [-0.1, -0.05) is 19.8 Å². The summed E-state index contributed by atoms with van der Waals surface area (Å²) in [6.07, 6.45) is 5.37. The van der Waals surface area contributed by atoms with Crippen LogP contribution in [0.5, 0.6) is 0 Å². The molecule has 22 heavy (non-hydrogen) atoms. The molecule has 1 saturated carbocycles. The van der Waals surface area contributed by atoms with Gasteiger partial charge in [0.05, 0.1) is 6.54 Å². The zero-order chi connectivity index (χ0) is 15.7. The van der Waals surface area contributed by atoms with Crippen molar-refractivity contribution < 1.29 is 4.79 Å². The minimum absolute atomic E-state index is 0. The largest absolute Gasteiger partial charge is 0.357 e. The van der Waals surface area contributed by atoms with Crippen molar-refractivity contribution in [1.29, 1.82) is 0 Å². The number of amides is 1. The lowest BCUT2D eigenvalue weighted by atomic mass is 9.83. The highest BCUT2D eigenvalue weighted by atomic mass is 127. The summed E-state index contributed by atoms with van der Waals surface area (Å²) in [4.78, 5) is 17.7. The van der Waals surface area contributed by atoms with Gasteiger partial charge in [-0.05, 0) is 31.6 Å². The molecule has 0 aromatic heterocycles. The maximum Gasteiger partial charge on any atom is 0.216 e. The highest BCUT2D eigenvalue weighted by Crippen LogP contribution is 2.28. The number of rotatable bonds is 6. The van der Waals surface area contributed by atoms with Crippen LogP contribution in [0.3, 0.4) is 0 Å². The van der Waals surface area contributed by atoms with Gasteiger partial charge < -0.3 is 15.5 Å². The summed E-state index contributed by atoms with van der Waals surface area (Å²) in [5.41, 5.74) is 0. The summed E-state index contributed by atoms with van der Waals surface area (Å²) in [7, 11) is 2.11. The van der Waals surface area contributed by atoms with Gasteiger partial charge in [-0.2, -0.15) is 0 Å². The SMILES string of the molecule is CCNC(=NCCNC(C)=O)N(C)CC1CCC(C)CC1.I. The maximum absolute atomic E-state index is 10.9. The fourth-order valence-corrected chi connectivity index (χ4v) is 2.85. The van der Waals surface area contributed by atoms with E-state index in [1.165, 1.54) is 32.6 Å². The molecule has 0 radical (unpaired) electrons. The first-order chi connectivity index (χ1) is 10.0. The molecule has 0 aromatic carbocycles. The lowest BCUT2D eigenvalue weighted by Crippen LogP contribution is -2.42. The molecule has 0 atom stereocenters. The molecule has 6 heteroatoms. The third kappa shape index (κ3) is 8.80. The molecular weight excluding hydrogens is 391 g/mol. The van der Waals surface area contributed by atoms with Crippen LogP contribution in [-0.2, 0) is 4.79 Å². The van der Waals surface area contributed by atoms with Crippen molar-refractivity contribution in [3.63, 3.8) is 0 Å². The average molecular weight is 424 g/mol. The molecule has 0 unspecified atom stereocenters. The van der Waals surface area contributed by atoms with Crippen LogP contribution in [-0.4, -0.2) is 50.0 Å². The first-order valence-corrected chi connectivity index (χ1v) is 8.26. The number of halogens is 1. The summed E-state index contributed by atoms with van der Waals surface area (Å²) in [5, 5.41) is 6.11. The number of aliphatic imine (C=N–C) groups is 1. The van der Waals surface area contributed by atoms with E-state index in [2.05, 4.69) is 41.4 Å². The minimum Gasteiger partial charge on any atom is -0.357 e. The monoisotopic (exact) mass is 424 g/mol. The van der Waals surface area contributed by atoms with Gasteiger partial charge in [0.25, 0.3) is 0 Å². The second-order valence-electron chi connectivity index (χ2n) is 6.23. The minimum atomic E-state index is -0.000110. The lowest BCUT2D eigenvalue weighted by molar-refractivity contribution is -0.118. The van der Waals surface area contributed by atoms with Crippen molar-refractivity contribution in [2.45, 2.75) is 46.5 Å². The Morgan fingerprint density at radius 2 is 1.86 bits per heavy atom. The van der Waals surface area contributed by atoms with E-state index in [-0.39, 0.29) is 29.9 Å². The van der Waals surface area contributed by atoms with Crippen LogP contribution in [0.4, 0.5) is 0 Å². The zero-order valence-corrected chi connectivity index (χ0v) is 16.9. The van der Waals surface area contributed by atoms with Crippen LogP contribution in [0.1, 0.15) is 46.5 Å². The van der Waals surface area contributed by atoms with Gasteiger partial charge in [0.2, 0.25) is 5.91 Å². The van der Waals surface area contributed by atoms with Crippen LogP contribution in [0.25, 0.3) is 0 Å². The smallest absolute Gasteiger partial charge is 0.216 e. The Morgan fingerprint density at radius 3 is 2.41 bits per heavy atom. The van der Waals surface area contributed by atoms with Crippen LogP contribution < -0.4 is 10.6 Å². The van der Waals surface area contributed by atoms with E-state index in [4.69, 9.17) is 0 Å². The molecule has 5 nitrogen and oxygen atoms in total. The fraction of sp³-hybridized carbons (Fsp3) is 0.875. The predicted molar refractivity (Wildman–Crippen MR) is 104 cm³/mol. The molecule has 1 aliphatic rings. The Kier molecular flexibility index (Phi) is 11.7. The van der Waals surface area contributed by atoms with E-state index in [0.29, 0.717) is 13.1 Å². The number of nitrogens with one attached hydrogen (secondary N) is 2. The Bertz CT molecular complexity index is 341. The summed E-state index contributed by atoms with van der Waals surface area (Å²) >= 11 is 0. The summed E-state index contributed by atoms with van der Waals surface area (Å²) in [6.45, 7) is 9.12. The molecule has 130 valence electrons. The third-order valence-electron chi connectivity index (χ3n) is 4.11. The van der Waals surface area contributed by atoms with Gasteiger partial charge in [-0.3, -0.25) is 9.79 Å². The number of nitrogens with zero attached hydrogens (tertiary/aromatic N) is 2. The van der Waals surface area contributed by atoms with Crippen molar-refractivity contribution in [3.8, 4) is 0 Å². The van der Waals surface area contributed by atoms with Gasteiger partial charge >= 0.3 is 0 Å². The van der Waals surface area contributed by atoms with Gasteiger partial charge in [0, 0.05) is 33.6 Å². The van der Waals surface area contributed by atoms with Crippen molar-refractivity contribution in [3.05, 3.63) is 0 Å². The summed E-state index contributed by atoms with van der Waals surface area (Å²) < 4.78 is 0. The molecule has 1 amide bonds. The average Bonchev–Trinajstić information content (AvgIpc) is 2.44. The number of carbonyl (C=O) groups is 1. The van der Waals surface area contributed by atoms with Crippen molar-refractivity contribution >= 4 is 35.8 Å². The normalized spacial score (nSPS) is 21.7. The number of carbonyl (C=O) groups excluding carboxylic acids is 1. The van der Waals surface area contributed by atoms with Crippen molar-refractivity contribution in [2.75, 3.05) is 33.2 Å². The van der Waals surface area contributed by atoms with E-state index in [1.54, 1.807) is 0 Å². The number of hydrogen-bond acceptors (Lipinski definition) is 2. The number of hydrogen-bond donors (Lipinski definition) is 2. The van der Waals surface area contributed by atoms with Crippen LogP contribution in [0.15, 0.2) is 4.99 Å². The second kappa shape index (κ2) is 12.0. The van der Waals surface area contributed by atoms with Crippen LogP contribution in [0.2, 0.25) is 0 Å². The first-order valence-electron chi connectivity index (χ1n) is 8.26. The highest BCUT2D eigenvalue weighted by Gasteiger charge is 2.20. The van der Waals surface area contributed by atoms with Gasteiger partial charge in [0.1, 0.15) is 0 Å². The summed E-state index contributed by atoms with van der Waals surface area (Å²) in [5.74, 6) is 2.62. The molecule has 1 aliphatic carbocycles. The molecule has 2 N–H and O–H groups in total. The third-order valence-corrected chi connectivity index (χ3v) is 4.11. The zero-order valence-electron chi connectivity index (χ0n) is 14.5. The van der Waals surface area contributed by atoms with Gasteiger partial charge in [-0.25, -0.2) is 0 Å². The summed E-state index contributed by atoms with van der Waals surface area (Å²) in [6, 6.07) is 0. The Hall–Kier alpha value is -0.530. The molecule has 0 aliphatic heterocycles. The molecule has 0 spiro atoms. The van der Waals surface area contributed by atoms with E-state index in [1.807, 2.05) is 0 Å². The topological polar surface area (TPSA) is 56.7 Å². The standard InChI is InChI=1S/C16H32N4O.HI/c1-5-17-16(19-11-10-18-14(3)21)20(4)12-15-8-6-13(2)7-9-15;/h13,15H,5-12H2,1-4H3,(H,17,19)(H,18,21);1H. The maximum atomic E-state index is 10.9. The van der Waals surface area contributed by atoms with Crippen LogP contribution >= 0.6 is 24.0 Å². The van der Waals surface area contributed by atoms with E-state index >= 15 is 0 Å². The second-order valence-corrected chi connectivity index (χ2v) is 6.23. The van der Waals surface area contributed by atoms with Crippen molar-refractivity contribution in [2.24, 2.45) is 16.8 Å². The highest BCUT2D eigenvalue weighted by molar-refractivity contribution is 14.0. The molecule has 0 heterocycles. The lowest BCUT2D eigenvalue weighted by Gasteiger charge is -2.31. The first kappa shape index (κ1) is 21.5. The quantitative estimate of drug-likeness (QED) is 0.298. The molecular formula is C16H33IN4O. The van der Waals surface area contributed by atoms with Crippen LogP contribution in [0, 0.1) is 11.8 Å². The predicted octanol–water partition coefficient (Wildman–Crippen LogP) is 2.46. The van der Waals surface area contributed by atoms with E-state index in [0.717, 1.165) is 30.9 Å². The molecule has 0 bridgehead atoms. The molecule has 0 aromatic rings.